The van der Waals surface area contributed by atoms with Gasteiger partial charge in [0.1, 0.15) is 0 Å². The zero-order valence-electron chi connectivity index (χ0n) is 19.5. The van der Waals surface area contributed by atoms with Crippen LogP contribution in [-0.2, 0) is 4.79 Å². The Kier molecular flexibility index (Phi) is 5.56. The molecule has 2 aromatic heterocycles. The number of halogens is 1. The van der Waals surface area contributed by atoms with E-state index in [0.717, 1.165) is 12.1 Å². The van der Waals surface area contributed by atoms with Crippen molar-refractivity contribution in [3.8, 4) is 22.8 Å². The number of nitrogens with zero attached hydrogens (tertiary/aromatic N) is 1. The average molecular weight is 506 g/mol. The van der Waals surface area contributed by atoms with Crippen LogP contribution in [0.4, 0.5) is 17.2 Å². The number of rotatable bonds is 3. The second kappa shape index (κ2) is 8.91. The number of carbonyl (C=O) groups excluding carboxylic acids is 2. The number of ether oxygens (including phenoxy) is 2. The molecule has 3 aliphatic rings. The van der Waals surface area contributed by atoms with E-state index >= 15 is 0 Å². The molecule has 184 valence electrons. The van der Waals surface area contributed by atoms with Gasteiger partial charge in [-0.15, -0.1) is 0 Å². The van der Waals surface area contributed by atoms with Gasteiger partial charge in [-0.05, 0) is 37.5 Å². The molecule has 0 unspecified atom stereocenters. The Morgan fingerprint density at radius 1 is 1.22 bits per heavy atom. The summed E-state index contributed by atoms with van der Waals surface area (Å²) >= 11 is 6.38. The molecule has 0 radical (unpaired) electrons. The smallest absolute Gasteiger partial charge is 0.266 e. The molecule has 4 bridgehead atoms. The Balaban J connectivity index is 1.60. The topological polar surface area (TPSA) is 117 Å². The molecule has 2 amide bonds. The highest BCUT2D eigenvalue weighted by atomic mass is 35.5. The first-order valence-corrected chi connectivity index (χ1v) is 12.2. The number of amides is 2. The van der Waals surface area contributed by atoms with Gasteiger partial charge in [-0.25, -0.2) is 4.98 Å². The lowest BCUT2D eigenvalue weighted by molar-refractivity contribution is -0.123. The van der Waals surface area contributed by atoms with E-state index in [4.69, 9.17) is 21.1 Å². The molecule has 10 heteroatoms. The van der Waals surface area contributed by atoms with Gasteiger partial charge in [-0.3, -0.25) is 9.59 Å². The Labute approximate surface area is 212 Å². The monoisotopic (exact) mass is 505 g/mol. The minimum atomic E-state index is -0.642. The van der Waals surface area contributed by atoms with Crippen LogP contribution < -0.4 is 25.4 Å². The van der Waals surface area contributed by atoms with Gasteiger partial charge in [-0.2, -0.15) is 0 Å². The van der Waals surface area contributed by atoms with E-state index in [2.05, 4.69) is 38.1 Å². The van der Waals surface area contributed by atoms with Crippen molar-refractivity contribution in [1.29, 1.82) is 0 Å². The molecule has 0 saturated heterocycles. The van der Waals surface area contributed by atoms with E-state index in [1.165, 1.54) is 0 Å². The number of hydrogen-bond acceptors (Lipinski definition) is 6. The second-order valence-electron chi connectivity index (χ2n) is 8.93. The molecule has 3 aliphatic heterocycles. The predicted molar refractivity (Wildman–Crippen MR) is 136 cm³/mol. The van der Waals surface area contributed by atoms with E-state index in [1.54, 1.807) is 19.4 Å². The van der Waals surface area contributed by atoms with E-state index < -0.39 is 6.10 Å². The van der Waals surface area contributed by atoms with Crippen LogP contribution >= 0.6 is 11.6 Å². The van der Waals surface area contributed by atoms with Crippen molar-refractivity contribution in [1.82, 2.24) is 15.3 Å². The maximum Gasteiger partial charge on any atom is 0.266 e. The number of para-hydroxylation sites is 1. The van der Waals surface area contributed by atoms with E-state index in [-0.39, 0.29) is 17.7 Å². The first-order chi connectivity index (χ1) is 17.5. The van der Waals surface area contributed by atoms with Crippen LogP contribution in [0, 0.1) is 0 Å². The van der Waals surface area contributed by atoms with Crippen molar-refractivity contribution in [2.75, 3.05) is 24.3 Å². The summed E-state index contributed by atoms with van der Waals surface area (Å²) in [6, 6.07) is 7.20. The third kappa shape index (κ3) is 3.67. The molecule has 4 N–H and O–H groups in total. The zero-order chi connectivity index (χ0) is 24.8. The van der Waals surface area contributed by atoms with E-state index in [9.17, 15) is 9.59 Å². The number of allylic oxidation sites excluding steroid dienone is 2. The Morgan fingerprint density at radius 2 is 2.11 bits per heavy atom. The SMILES string of the molecule is COc1c(Cl)cccc1Nc1c2[nH]c3c1C(=O)NC[C@H]3C/C=C\CC[C@@H]1Oc3c-2ccnc3NC1=O. The fraction of sp³-hybridized carbons (Fsp3) is 0.269. The Morgan fingerprint density at radius 3 is 2.97 bits per heavy atom. The molecule has 0 saturated carbocycles. The fourth-order valence-electron chi connectivity index (χ4n) is 5.01. The number of aromatic nitrogens is 2. The number of pyridine rings is 1. The van der Waals surface area contributed by atoms with Crippen LogP contribution in [0.3, 0.4) is 0 Å². The van der Waals surface area contributed by atoms with Crippen LogP contribution in [0.5, 0.6) is 11.5 Å². The quantitative estimate of drug-likeness (QED) is 0.382. The Hall–Kier alpha value is -3.98. The van der Waals surface area contributed by atoms with Crippen molar-refractivity contribution in [2.24, 2.45) is 0 Å². The maximum absolute atomic E-state index is 13.2. The summed E-state index contributed by atoms with van der Waals surface area (Å²) in [6.45, 7) is 0.518. The normalized spacial score (nSPS) is 21.1. The molecule has 0 spiro atoms. The van der Waals surface area contributed by atoms with Crippen molar-refractivity contribution in [3.05, 3.63) is 58.9 Å². The zero-order valence-corrected chi connectivity index (χ0v) is 20.2. The van der Waals surface area contributed by atoms with E-state index in [0.29, 0.717) is 69.9 Å². The van der Waals surface area contributed by atoms with Crippen LogP contribution in [-0.4, -0.2) is 41.5 Å². The van der Waals surface area contributed by atoms with Crippen molar-refractivity contribution < 1.29 is 19.1 Å². The number of anilines is 3. The first-order valence-electron chi connectivity index (χ1n) is 11.8. The molecular formula is C26H24ClN5O4. The number of nitrogens with one attached hydrogen (secondary N) is 4. The van der Waals surface area contributed by atoms with Crippen LogP contribution in [0.25, 0.3) is 11.3 Å². The summed E-state index contributed by atoms with van der Waals surface area (Å²) in [5.41, 5.74) is 3.87. The minimum Gasteiger partial charge on any atom is -0.493 e. The third-order valence-corrected chi connectivity index (χ3v) is 7.05. The molecule has 3 aromatic rings. The van der Waals surface area contributed by atoms with Gasteiger partial charge in [-0.1, -0.05) is 29.8 Å². The van der Waals surface area contributed by atoms with Crippen molar-refractivity contribution in [2.45, 2.75) is 31.3 Å². The number of carbonyl (C=O) groups is 2. The summed E-state index contributed by atoms with van der Waals surface area (Å²) in [7, 11) is 1.54. The number of aromatic amines is 1. The van der Waals surface area contributed by atoms with Crippen molar-refractivity contribution >= 4 is 40.6 Å². The molecule has 1 aromatic carbocycles. The fourth-order valence-corrected chi connectivity index (χ4v) is 5.26. The molecular weight excluding hydrogens is 482 g/mol. The van der Waals surface area contributed by atoms with Gasteiger partial charge in [0.2, 0.25) is 0 Å². The number of fused-ring (bicyclic) bond motifs is 3. The number of methoxy groups -OCH3 is 1. The molecule has 6 rings (SSSR count). The van der Waals surface area contributed by atoms with Gasteiger partial charge < -0.3 is 30.4 Å². The largest absolute Gasteiger partial charge is 0.493 e. The third-order valence-electron chi connectivity index (χ3n) is 6.75. The van der Waals surface area contributed by atoms with Crippen molar-refractivity contribution in [3.63, 3.8) is 0 Å². The molecule has 5 heterocycles. The highest BCUT2D eigenvalue weighted by molar-refractivity contribution is 6.32. The molecule has 2 atom stereocenters. The minimum absolute atomic E-state index is 0.0524. The van der Waals surface area contributed by atoms with E-state index in [1.807, 2.05) is 18.2 Å². The number of H-pyrrole nitrogens is 1. The van der Waals surface area contributed by atoms with Gasteiger partial charge in [0.25, 0.3) is 11.8 Å². The summed E-state index contributed by atoms with van der Waals surface area (Å²) < 4.78 is 11.8. The van der Waals surface area contributed by atoms with Gasteiger partial charge in [0, 0.05) is 29.9 Å². The lowest BCUT2D eigenvalue weighted by Crippen LogP contribution is -2.37. The van der Waals surface area contributed by atoms with Gasteiger partial charge in [0.05, 0.1) is 34.8 Å². The number of benzene rings is 1. The summed E-state index contributed by atoms with van der Waals surface area (Å²) in [5, 5.41) is 9.75. The second-order valence-corrected chi connectivity index (χ2v) is 9.34. The molecule has 0 aliphatic carbocycles. The highest BCUT2D eigenvalue weighted by Gasteiger charge is 2.36. The summed E-state index contributed by atoms with van der Waals surface area (Å²) in [6.07, 6.45) is 7.10. The van der Waals surface area contributed by atoms with Gasteiger partial charge in [0.15, 0.2) is 23.4 Å². The summed E-state index contributed by atoms with van der Waals surface area (Å²) in [5.74, 6) is 0.921. The number of hydrogen-bond donors (Lipinski definition) is 4. The van der Waals surface area contributed by atoms with Crippen LogP contribution in [0.2, 0.25) is 5.02 Å². The lowest BCUT2D eigenvalue weighted by Gasteiger charge is -2.27. The molecule has 36 heavy (non-hydrogen) atoms. The average Bonchev–Trinajstić information content (AvgIpc) is 3.25. The molecule has 9 nitrogen and oxygen atoms in total. The lowest BCUT2D eigenvalue weighted by atomic mass is 9.93. The summed E-state index contributed by atoms with van der Waals surface area (Å²) in [4.78, 5) is 33.7. The van der Waals surface area contributed by atoms with Gasteiger partial charge >= 0.3 is 0 Å². The molecule has 0 fully saturated rings. The van der Waals surface area contributed by atoms with Crippen LogP contribution in [0.1, 0.15) is 41.2 Å². The first kappa shape index (κ1) is 22.5. The van der Waals surface area contributed by atoms with Crippen LogP contribution in [0.15, 0.2) is 42.6 Å². The standard InChI is InChI=1S/C26H24ClN5O4/c1-35-23-15(27)7-5-8-16(23)30-21-18-19-13(12-29-26(18)34)6-3-2-4-9-17-25(33)32-24-22(36-17)14(10-11-28-24)20(21)31-19/h2-3,5,7-8,10-11,13,17,30-31H,4,6,9,12H2,1H3,(H,29,34)(H,28,32,33)/b3-2-/t13-,17+/m1/s1. The highest BCUT2D eigenvalue weighted by Crippen LogP contribution is 2.47. The maximum atomic E-state index is 13.2. The Bertz CT molecular complexity index is 1420. The predicted octanol–water partition coefficient (Wildman–Crippen LogP) is 4.75.